The maximum absolute atomic E-state index is 12.9. The number of hydrogen-bond donors (Lipinski definition) is 2. The quantitative estimate of drug-likeness (QED) is 0.837. The zero-order valence-corrected chi connectivity index (χ0v) is 10.5. The highest BCUT2D eigenvalue weighted by Gasteiger charge is 2.06. The number of rotatable bonds is 5. The molecule has 4 nitrogen and oxygen atoms in total. The number of amides is 1. The number of carbonyl (C=O) groups excluding carboxylic acids is 1. The van der Waals surface area contributed by atoms with Gasteiger partial charge in [0.15, 0.2) is 0 Å². The smallest absolute Gasteiger partial charge is 0.239 e. The van der Waals surface area contributed by atoms with Gasteiger partial charge in [0.1, 0.15) is 11.9 Å². The van der Waals surface area contributed by atoms with Gasteiger partial charge in [-0.1, -0.05) is 13.8 Å². The first-order valence-corrected chi connectivity index (χ1v) is 5.73. The molecule has 1 aromatic rings. The Balaban J connectivity index is 2.54. The second kappa shape index (κ2) is 6.60. The van der Waals surface area contributed by atoms with Gasteiger partial charge < -0.3 is 10.6 Å². The predicted molar refractivity (Wildman–Crippen MR) is 67.5 cm³/mol. The van der Waals surface area contributed by atoms with Crippen LogP contribution < -0.4 is 10.6 Å². The van der Waals surface area contributed by atoms with E-state index >= 15 is 0 Å². The maximum Gasteiger partial charge on any atom is 0.239 e. The molecule has 0 unspecified atom stereocenters. The lowest BCUT2D eigenvalue weighted by Crippen LogP contribution is -2.32. The van der Waals surface area contributed by atoms with Crippen molar-refractivity contribution in [1.82, 2.24) is 5.32 Å². The second-order valence-corrected chi connectivity index (χ2v) is 4.35. The zero-order valence-electron chi connectivity index (χ0n) is 10.5. The van der Waals surface area contributed by atoms with Crippen LogP contribution in [0.15, 0.2) is 18.2 Å². The molecule has 0 saturated carbocycles. The first-order chi connectivity index (χ1) is 8.52. The highest BCUT2D eigenvalue weighted by atomic mass is 19.1. The number of nitrogens with one attached hydrogen (secondary N) is 2. The number of hydrogen-bond acceptors (Lipinski definition) is 3. The highest BCUT2D eigenvalue weighted by molar-refractivity contribution is 5.81. The minimum Gasteiger partial charge on any atom is -0.375 e. The molecular weight excluding hydrogens is 233 g/mol. The zero-order chi connectivity index (χ0) is 13.5. The van der Waals surface area contributed by atoms with Crippen LogP contribution in [0.1, 0.15) is 19.4 Å². The van der Waals surface area contributed by atoms with Gasteiger partial charge in [-0.05, 0) is 24.1 Å². The van der Waals surface area contributed by atoms with E-state index in [-0.39, 0.29) is 18.0 Å². The van der Waals surface area contributed by atoms with Crippen LogP contribution in [-0.4, -0.2) is 19.0 Å². The summed E-state index contributed by atoms with van der Waals surface area (Å²) in [5, 5.41) is 14.4. The van der Waals surface area contributed by atoms with Crippen LogP contribution in [0.2, 0.25) is 0 Å². The van der Waals surface area contributed by atoms with Crippen LogP contribution in [0, 0.1) is 23.1 Å². The van der Waals surface area contributed by atoms with Crippen LogP contribution in [0.25, 0.3) is 0 Å². The second-order valence-electron chi connectivity index (χ2n) is 4.35. The van der Waals surface area contributed by atoms with E-state index in [2.05, 4.69) is 10.6 Å². The molecule has 0 aliphatic heterocycles. The summed E-state index contributed by atoms with van der Waals surface area (Å²) in [5.74, 6) is -0.243. The van der Waals surface area contributed by atoms with Crippen LogP contribution >= 0.6 is 0 Å². The van der Waals surface area contributed by atoms with Crippen LogP contribution in [0.5, 0.6) is 0 Å². The Morgan fingerprint density at radius 3 is 2.83 bits per heavy atom. The summed E-state index contributed by atoms with van der Waals surface area (Å²) in [6.07, 6.45) is 0. The lowest BCUT2D eigenvalue weighted by atomic mass is 10.2. The summed E-state index contributed by atoms with van der Waals surface area (Å²) in [4.78, 5) is 11.5. The molecule has 0 bridgehead atoms. The molecule has 0 atom stereocenters. The van der Waals surface area contributed by atoms with Crippen molar-refractivity contribution < 1.29 is 9.18 Å². The van der Waals surface area contributed by atoms with Crippen molar-refractivity contribution in [3.8, 4) is 6.07 Å². The Labute approximate surface area is 106 Å². The van der Waals surface area contributed by atoms with Crippen molar-refractivity contribution in [2.24, 2.45) is 5.92 Å². The van der Waals surface area contributed by atoms with Gasteiger partial charge in [0, 0.05) is 6.54 Å². The molecule has 18 heavy (non-hydrogen) atoms. The number of nitriles is 1. The number of carbonyl (C=O) groups is 1. The Morgan fingerprint density at radius 1 is 1.50 bits per heavy atom. The molecule has 0 fully saturated rings. The fourth-order valence-electron chi connectivity index (χ4n) is 1.32. The molecular formula is C13H16FN3O. The average molecular weight is 249 g/mol. The Hall–Kier alpha value is -2.09. The Bertz CT molecular complexity index is 466. The van der Waals surface area contributed by atoms with E-state index in [0.29, 0.717) is 18.2 Å². The molecule has 0 aliphatic carbocycles. The molecule has 96 valence electrons. The predicted octanol–water partition coefficient (Wildman–Crippen LogP) is 1.88. The van der Waals surface area contributed by atoms with Crippen LogP contribution in [-0.2, 0) is 4.79 Å². The van der Waals surface area contributed by atoms with Crippen LogP contribution in [0.4, 0.5) is 10.1 Å². The molecule has 1 amide bonds. The summed E-state index contributed by atoms with van der Waals surface area (Å²) >= 11 is 0. The van der Waals surface area contributed by atoms with E-state index in [0.717, 1.165) is 6.07 Å². The summed E-state index contributed by atoms with van der Waals surface area (Å²) in [6, 6.07) is 5.70. The van der Waals surface area contributed by atoms with Crippen molar-refractivity contribution in [3.05, 3.63) is 29.6 Å². The summed E-state index contributed by atoms with van der Waals surface area (Å²) in [7, 11) is 0. The van der Waals surface area contributed by atoms with Gasteiger partial charge in [-0.15, -0.1) is 0 Å². The lowest BCUT2D eigenvalue weighted by Gasteiger charge is -2.10. The van der Waals surface area contributed by atoms with E-state index in [1.54, 1.807) is 0 Å². The van der Waals surface area contributed by atoms with Crippen molar-refractivity contribution >= 4 is 11.6 Å². The van der Waals surface area contributed by atoms with Gasteiger partial charge in [0.25, 0.3) is 0 Å². The number of anilines is 1. The first-order valence-electron chi connectivity index (χ1n) is 5.73. The summed E-state index contributed by atoms with van der Waals surface area (Å²) in [6.45, 7) is 4.67. The Morgan fingerprint density at radius 2 is 2.22 bits per heavy atom. The molecule has 1 rings (SSSR count). The van der Waals surface area contributed by atoms with Gasteiger partial charge >= 0.3 is 0 Å². The third-order valence-electron chi connectivity index (χ3n) is 2.25. The lowest BCUT2D eigenvalue weighted by molar-refractivity contribution is -0.119. The molecule has 0 heterocycles. The van der Waals surface area contributed by atoms with Crippen molar-refractivity contribution in [1.29, 1.82) is 5.26 Å². The standard InChI is InChI=1S/C13H16FN3O/c1-9(2)7-17-13(18)8-16-12-4-3-11(14)5-10(12)6-15/h3-5,9,16H,7-8H2,1-2H3,(H,17,18). The first kappa shape index (κ1) is 14.0. The third kappa shape index (κ3) is 4.42. The summed E-state index contributed by atoms with van der Waals surface area (Å²) < 4.78 is 12.9. The van der Waals surface area contributed by atoms with Gasteiger partial charge in [-0.2, -0.15) is 5.26 Å². The summed E-state index contributed by atoms with van der Waals surface area (Å²) in [5.41, 5.74) is 0.644. The molecule has 2 N–H and O–H groups in total. The topological polar surface area (TPSA) is 64.9 Å². The fraction of sp³-hybridized carbons (Fsp3) is 0.385. The molecule has 0 aliphatic rings. The maximum atomic E-state index is 12.9. The molecule has 5 heteroatoms. The van der Waals surface area contributed by atoms with Crippen LogP contribution in [0.3, 0.4) is 0 Å². The van der Waals surface area contributed by atoms with E-state index in [1.165, 1.54) is 12.1 Å². The van der Waals surface area contributed by atoms with Gasteiger partial charge in [-0.3, -0.25) is 4.79 Å². The van der Waals surface area contributed by atoms with Crippen molar-refractivity contribution in [3.63, 3.8) is 0 Å². The average Bonchev–Trinajstić information content (AvgIpc) is 2.34. The third-order valence-corrected chi connectivity index (χ3v) is 2.25. The van der Waals surface area contributed by atoms with Crippen molar-refractivity contribution in [2.45, 2.75) is 13.8 Å². The number of benzene rings is 1. The van der Waals surface area contributed by atoms with E-state index in [9.17, 15) is 9.18 Å². The van der Waals surface area contributed by atoms with E-state index in [4.69, 9.17) is 5.26 Å². The molecule has 0 saturated heterocycles. The monoisotopic (exact) mass is 249 g/mol. The number of nitrogens with zero attached hydrogens (tertiary/aromatic N) is 1. The fourth-order valence-corrected chi connectivity index (χ4v) is 1.32. The normalized spacial score (nSPS) is 9.94. The molecule has 0 spiro atoms. The molecule has 0 aromatic heterocycles. The molecule has 1 aromatic carbocycles. The van der Waals surface area contributed by atoms with Gasteiger partial charge in [0.05, 0.1) is 17.8 Å². The van der Waals surface area contributed by atoms with Gasteiger partial charge in [0.2, 0.25) is 5.91 Å². The van der Waals surface area contributed by atoms with E-state index < -0.39 is 5.82 Å². The number of halogens is 1. The highest BCUT2D eigenvalue weighted by Crippen LogP contribution is 2.15. The van der Waals surface area contributed by atoms with E-state index in [1.807, 2.05) is 19.9 Å². The van der Waals surface area contributed by atoms with Crippen molar-refractivity contribution in [2.75, 3.05) is 18.4 Å². The molecule has 0 radical (unpaired) electrons. The minimum absolute atomic E-state index is 0.0625. The largest absolute Gasteiger partial charge is 0.375 e. The SMILES string of the molecule is CC(C)CNC(=O)CNc1ccc(F)cc1C#N. The minimum atomic E-state index is -0.471. The van der Waals surface area contributed by atoms with Gasteiger partial charge in [-0.25, -0.2) is 4.39 Å². The Kier molecular flexibility index (Phi) is 5.12.